The van der Waals surface area contributed by atoms with E-state index in [1.807, 2.05) is 4.57 Å². The molecule has 4 aromatic rings. The highest BCUT2D eigenvalue weighted by molar-refractivity contribution is 6.05. The zero-order chi connectivity index (χ0) is 23.9. The van der Waals surface area contributed by atoms with Gasteiger partial charge in [0.15, 0.2) is 11.5 Å². The lowest BCUT2D eigenvalue weighted by Crippen LogP contribution is -2.20. The third-order valence-electron chi connectivity index (χ3n) is 5.48. The van der Waals surface area contributed by atoms with E-state index in [0.717, 1.165) is 67.9 Å². The molecular formula is C21H18F4N8O. The third-order valence-corrected chi connectivity index (χ3v) is 5.48. The van der Waals surface area contributed by atoms with E-state index in [0.29, 0.717) is 11.2 Å². The van der Waals surface area contributed by atoms with Crippen LogP contribution in [-0.2, 0) is 25.7 Å². The van der Waals surface area contributed by atoms with Gasteiger partial charge in [-0.2, -0.15) is 23.4 Å². The third kappa shape index (κ3) is 4.16. The number of aryl methyl sites for hydroxylation is 1. The standard InChI is InChI=1S/C21H18F4N8O/c22-13-4-6-15(7-5-13)33-19(21(23,24)25)16(10-27-33)20(34)28-14-9-26-31(11-14)12-18-30-29-17-3-1-2-8-32(17)18/h4-7,9-11H,1-3,8,12H2,(H,28,34). The topological polar surface area (TPSA) is 95.4 Å². The molecule has 0 saturated carbocycles. The van der Waals surface area contributed by atoms with Gasteiger partial charge in [-0.15, -0.1) is 10.2 Å². The molecule has 0 fully saturated rings. The number of hydrogen-bond acceptors (Lipinski definition) is 5. The van der Waals surface area contributed by atoms with Crippen molar-refractivity contribution in [1.29, 1.82) is 0 Å². The SMILES string of the molecule is O=C(Nc1cnn(Cc2nnc3n2CCCC3)c1)c1cnn(-c2ccc(F)cc2)c1C(F)(F)F. The molecule has 4 heterocycles. The Morgan fingerprint density at radius 3 is 2.62 bits per heavy atom. The van der Waals surface area contributed by atoms with Gasteiger partial charge in [-0.25, -0.2) is 9.07 Å². The van der Waals surface area contributed by atoms with Gasteiger partial charge in [0.05, 0.1) is 29.3 Å². The van der Waals surface area contributed by atoms with Gasteiger partial charge >= 0.3 is 6.18 Å². The minimum Gasteiger partial charge on any atom is -0.319 e. The van der Waals surface area contributed by atoms with Crippen molar-refractivity contribution < 1.29 is 22.4 Å². The quantitative estimate of drug-likeness (QED) is 0.447. The van der Waals surface area contributed by atoms with E-state index < -0.39 is 29.2 Å². The van der Waals surface area contributed by atoms with Crippen LogP contribution in [0.25, 0.3) is 5.69 Å². The average molecular weight is 474 g/mol. The first-order chi connectivity index (χ1) is 16.3. The summed E-state index contributed by atoms with van der Waals surface area (Å²) in [6.45, 7) is 1.12. The monoisotopic (exact) mass is 474 g/mol. The number of carbonyl (C=O) groups excluding carboxylic acids is 1. The van der Waals surface area contributed by atoms with Crippen LogP contribution in [0.1, 0.15) is 40.5 Å². The van der Waals surface area contributed by atoms with Crippen molar-refractivity contribution in [2.45, 2.75) is 38.5 Å². The number of nitrogens with one attached hydrogen (secondary N) is 1. The second kappa shape index (κ2) is 8.39. The predicted octanol–water partition coefficient (Wildman–Crippen LogP) is 3.46. The minimum absolute atomic E-state index is 0.0303. The number of fused-ring (bicyclic) bond motifs is 1. The molecular weight excluding hydrogens is 456 g/mol. The molecule has 1 aliphatic heterocycles. The van der Waals surface area contributed by atoms with Crippen LogP contribution in [0.2, 0.25) is 0 Å². The number of nitrogens with zero attached hydrogens (tertiary/aromatic N) is 7. The fourth-order valence-corrected chi connectivity index (χ4v) is 3.91. The van der Waals surface area contributed by atoms with E-state index in [4.69, 9.17) is 0 Å². The Balaban J connectivity index is 1.36. The Morgan fingerprint density at radius 2 is 1.85 bits per heavy atom. The van der Waals surface area contributed by atoms with Crippen molar-refractivity contribution in [3.8, 4) is 5.69 Å². The lowest BCUT2D eigenvalue weighted by atomic mass is 10.2. The lowest BCUT2D eigenvalue weighted by molar-refractivity contribution is -0.143. The first-order valence-electron chi connectivity index (χ1n) is 10.5. The molecule has 34 heavy (non-hydrogen) atoms. The van der Waals surface area contributed by atoms with Crippen LogP contribution in [-0.4, -0.2) is 40.2 Å². The maximum absolute atomic E-state index is 13.8. The Labute approximate surface area is 190 Å². The van der Waals surface area contributed by atoms with Crippen molar-refractivity contribution >= 4 is 11.6 Å². The summed E-state index contributed by atoms with van der Waals surface area (Å²) < 4.78 is 58.7. The lowest BCUT2D eigenvalue weighted by Gasteiger charge is -2.14. The number of alkyl halides is 3. The number of rotatable bonds is 5. The molecule has 0 aliphatic carbocycles. The van der Waals surface area contributed by atoms with Crippen molar-refractivity contribution in [1.82, 2.24) is 34.3 Å². The van der Waals surface area contributed by atoms with Crippen LogP contribution in [0, 0.1) is 5.82 Å². The van der Waals surface area contributed by atoms with E-state index in [-0.39, 0.29) is 11.4 Å². The molecule has 0 spiro atoms. The molecule has 0 bridgehead atoms. The Bertz CT molecular complexity index is 1340. The number of benzene rings is 1. The first-order valence-corrected chi connectivity index (χ1v) is 10.5. The van der Waals surface area contributed by atoms with E-state index in [1.54, 1.807) is 0 Å². The van der Waals surface area contributed by atoms with Crippen LogP contribution in [0.4, 0.5) is 23.2 Å². The van der Waals surface area contributed by atoms with Gasteiger partial charge in [-0.3, -0.25) is 9.48 Å². The van der Waals surface area contributed by atoms with Crippen LogP contribution in [0.3, 0.4) is 0 Å². The van der Waals surface area contributed by atoms with Gasteiger partial charge in [-0.05, 0) is 37.1 Å². The Kier molecular flexibility index (Phi) is 5.38. The molecule has 1 aliphatic rings. The van der Waals surface area contributed by atoms with Gasteiger partial charge in [-0.1, -0.05) is 0 Å². The largest absolute Gasteiger partial charge is 0.434 e. The van der Waals surface area contributed by atoms with Gasteiger partial charge in [0.2, 0.25) is 0 Å². The Hall–Kier alpha value is -4.03. The van der Waals surface area contributed by atoms with Crippen LogP contribution < -0.4 is 5.32 Å². The summed E-state index contributed by atoms with van der Waals surface area (Å²) in [5.41, 5.74) is -1.75. The second-order valence-corrected chi connectivity index (χ2v) is 7.81. The molecule has 1 aromatic carbocycles. The summed E-state index contributed by atoms with van der Waals surface area (Å²) in [6.07, 6.45) is 1.74. The molecule has 9 nitrogen and oxygen atoms in total. The van der Waals surface area contributed by atoms with Gasteiger partial charge in [0, 0.05) is 19.2 Å². The van der Waals surface area contributed by atoms with Crippen LogP contribution >= 0.6 is 0 Å². The fraction of sp³-hybridized carbons (Fsp3) is 0.286. The summed E-state index contributed by atoms with van der Waals surface area (Å²) in [5.74, 6) is 0.0292. The summed E-state index contributed by atoms with van der Waals surface area (Å²) in [4.78, 5) is 12.7. The molecule has 13 heteroatoms. The van der Waals surface area contributed by atoms with Gasteiger partial charge in [0.1, 0.15) is 18.2 Å². The van der Waals surface area contributed by atoms with E-state index in [1.165, 1.54) is 17.1 Å². The molecule has 3 aromatic heterocycles. The molecule has 1 N–H and O–H groups in total. The second-order valence-electron chi connectivity index (χ2n) is 7.81. The zero-order valence-electron chi connectivity index (χ0n) is 17.6. The van der Waals surface area contributed by atoms with Crippen molar-refractivity contribution in [3.05, 3.63) is 71.6 Å². The van der Waals surface area contributed by atoms with Crippen LogP contribution in [0.5, 0.6) is 0 Å². The van der Waals surface area contributed by atoms with Gasteiger partial charge < -0.3 is 9.88 Å². The van der Waals surface area contributed by atoms with Crippen molar-refractivity contribution in [2.75, 3.05) is 5.32 Å². The number of carbonyl (C=O) groups is 1. The molecule has 176 valence electrons. The highest BCUT2D eigenvalue weighted by Gasteiger charge is 2.40. The Morgan fingerprint density at radius 1 is 1.06 bits per heavy atom. The predicted molar refractivity (Wildman–Crippen MR) is 111 cm³/mol. The number of amides is 1. The zero-order valence-corrected chi connectivity index (χ0v) is 17.6. The highest BCUT2D eigenvalue weighted by Crippen LogP contribution is 2.34. The molecule has 0 atom stereocenters. The van der Waals surface area contributed by atoms with E-state index in [9.17, 15) is 22.4 Å². The normalized spacial score (nSPS) is 13.6. The fourth-order valence-electron chi connectivity index (χ4n) is 3.91. The highest BCUT2D eigenvalue weighted by atomic mass is 19.4. The molecule has 1 amide bonds. The van der Waals surface area contributed by atoms with Crippen molar-refractivity contribution in [2.24, 2.45) is 0 Å². The van der Waals surface area contributed by atoms with E-state index >= 15 is 0 Å². The maximum Gasteiger partial charge on any atom is 0.434 e. The molecule has 0 saturated heterocycles. The minimum atomic E-state index is -4.88. The molecule has 0 radical (unpaired) electrons. The summed E-state index contributed by atoms with van der Waals surface area (Å²) in [7, 11) is 0. The molecule has 5 rings (SSSR count). The number of hydrogen-bond donors (Lipinski definition) is 1. The average Bonchev–Trinajstić information content (AvgIpc) is 3.53. The van der Waals surface area contributed by atoms with Crippen LogP contribution in [0.15, 0.2) is 42.9 Å². The maximum atomic E-state index is 13.8. The summed E-state index contributed by atoms with van der Waals surface area (Å²) in [5, 5.41) is 18.7. The van der Waals surface area contributed by atoms with Gasteiger partial charge in [0.25, 0.3) is 5.91 Å². The summed E-state index contributed by atoms with van der Waals surface area (Å²) >= 11 is 0. The first kappa shape index (κ1) is 21.8. The number of halogens is 4. The molecule has 0 unspecified atom stereocenters. The number of aromatic nitrogens is 7. The van der Waals surface area contributed by atoms with E-state index in [2.05, 4.69) is 25.7 Å². The number of anilines is 1. The van der Waals surface area contributed by atoms with Crippen molar-refractivity contribution in [3.63, 3.8) is 0 Å². The smallest absolute Gasteiger partial charge is 0.319 e. The summed E-state index contributed by atoms with van der Waals surface area (Å²) in [6, 6.07) is 4.31.